The number of hydrogen-bond acceptors (Lipinski definition) is 2. The highest BCUT2D eigenvalue weighted by atomic mass is 16.4. The first-order valence-electron chi connectivity index (χ1n) is 6.35. The maximum Gasteiger partial charge on any atom is 0.310 e. The van der Waals surface area contributed by atoms with E-state index in [2.05, 4.69) is 13.8 Å². The summed E-state index contributed by atoms with van der Waals surface area (Å²) in [7, 11) is 0. The summed E-state index contributed by atoms with van der Waals surface area (Å²) in [5.41, 5.74) is 5.72. The van der Waals surface area contributed by atoms with Crippen LogP contribution in [0.4, 0.5) is 0 Å². The van der Waals surface area contributed by atoms with E-state index in [-0.39, 0.29) is 6.04 Å². The third-order valence-corrected chi connectivity index (χ3v) is 4.80. The molecule has 2 rings (SSSR count). The molecule has 0 saturated heterocycles. The molecule has 0 unspecified atom stereocenters. The number of carboxylic acid groups (broad SMARTS) is 1. The lowest BCUT2D eigenvalue weighted by molar-refractivity contribution is -0.163. The van der Waals surface area contributed by atoms with Crippen molar-refractivity contribution in [3.8, 4) is 0 Å². The van der Waals surface area contributed by atoms with Gasteiger partial charge in [0.1, 0.15) is 0 Å². The van der Waals surface area contributed by atoms with E-state index in [1.165, 1.54) is 0 Å². The van der Waals surface area contributed by atoms with Crippen LogP contribution in [0.25, 0.3) is 0 Å². The minimum atomic E-state index is -0.612. The van der Waals surface area contributed by atoms with Crippen molar-refractivity contribution in [1.29, 1.82) is 0 Å². The fourth-order valence-electron chi connectivity index (χ4n) is 3.51. The molecule has 0 aromatic heterocycles. The molecule has 0 bridgehead atoms. The molecule has 2 aliphatic carbocycles. The second-order valence-electron chi connectivity index (χ2n) is 6.57. The van der Waals surface area contributed by atoms with Crippen LogP contribution >= 0.6 is 0 Å². The first kappa shape index (κ1) is 11.9. The Bertz CT molecular complexity index is 282. The van der Waals surface area contributed by atoms with Gasteiger partial charge < -0.3 is 10.8 Å². The molecular formula is C13H23NO2. The second kappa shape index (κ2) is 3.73. The van der Waals surface area contributed by atoms with Crippen LogP contribution < -0.4 is 5.73 Å². The van der Waals surface area contributed by atoms with E-state index in [0.717, 1.165) is 25.7 Å². The Morgan fingerprint density at radius 2 is 1.75 bits per heavy atom. The molecule has 0 aromatic carbocycles. The van der Waals surface area contributed by atoms with Gasteiger partial charge in [-0.05, 0) is 49.9 Å². The Balaban J connectivity index is 2.04. The van der Waals surface area contributed by atoms with Crippen LogP contribution in [0.3, 0.4) is 0 Å². The molecule has 0 heterocycles. The largest absolute Gasteiger partial charge is 0.481 e. The highest BCUT2D eigenvalue weighted by molar-refractivity contribution is 5.76. The van der Waals surface area contributed by atoms with Crippen molar-refractivity contribution >= 4 is 5.97 Å². The van der Waals surface area contributed by atoms with Gasteiger partial charge in [0.05, 0.1) is 5.41 Å². The first-order chi connectivity index (χ1) is 7.36. The van der Waals surface area contributed by atoms with Gasteiger partial charge in [-0.15, -0.1) is 0 Å². The summed E-state index contributed by atoms with van der Waals surface area (Å²) < 4.78 is 0. The van der Waals surface area contributed by atoms with Crippen LogP contribution in [0.5, 0.6) is 0 Å². The number of carbonyl (C=O) groups is 1. The lowest BCUT2D eigenvalue weighted by Gasteiger charge is -2.51. The van der Waals surface area contributed by atoms with E-state index in [1.54, 1.807) is 0 Å². The second-order valence-corrected chi connectivity index (χ2v) is 6.57. The molecule has 3 heteroatoms. The Morgan fingerprint density at radius 3 is 2.12 bits per heavy atom. The van der Waals surface area contributed by atoms with E-state index >= 15 is 0 Å². The van der Waals surface area contributed by atoms with Gasteiger partial charge in [0, 0.05) is 6.04 Å². The van der Waals surface area contributed by atoms with Gasteiger partial charge in [-0.25, -0.2) is 0 Å². The predicted molar refractivity (Wildman–Crippen MR) is 63.0 cm³/mol. The van der Waals surface area contributed by atoms with Crippen molar-refractivity contribution in [3.63, 3.8) is 0 Å². The summed E-state index contributed by atoms with van der Waals surface area (Å²) in [6, 6.07) is 0.117. The number of carboxylic acids is 1. The average molecular weight is 225 g/mol. The molecule has 92 valence electrons. The average Bonchev–Trinajstić information content (AvgIpc) is 2.12. The molecule has 0 spiro atoms. The van der Waals surface area contributed by atoms with Crippen LogP contribution in [-0.4, -0.2) is 17.1 Å². The lowest BCUT2D eigenvalue weighted by atomic mass is 9.54. The summed E-state index contributed by atoms with van der Waals surface area (Å²) in [5.74, 6) is -0.253. The topological polar surface area (TPSA) is 63.3 Å². The normalized spacial score (nSPS) is 39.1. The molecule has 3 N–H and O–H groups in total. The van der Waals surface area contributed by atoms with Crippen LogP contribution in [0.2, 0.25) is 0 Å². The maximum atomic E-state index is 11.5. The lowest BCUT2D eigenvalue weighted by Crippen LogP contribution is -2.55. The zero-order valence-electron chi connectivity index (χ0n) is 10.3. The Hall–Kier alpha value is -0.570. The SMILES string of the molecule is CC1(C)CCC(C2(C(=O)O)CC(N)C2)CC1. The minimum absolute atomic E-state index is 0.117. The van der Waals surface area contributed by atoms with Crippen molar-refractivity contribution in [2.75, 3.05) is 0 Å². The molecule has 2 saturated carbocycles. The van der Waals surface area contributed by atoms with Gasteiger partial charge in [-0.1, -0.05) is 13.8 Å². The molecule has 0 amide bonds. The fourth-order valence-corrected chi connectivity index (χ4v) is 3.51. The van der Waals surface area contributed by atoms with Crippen molar-refractivity contribution in [2.45, 2.75) is 58.4 Å². The van der Waals surface area contributed by atoms with Crippen molar-refractivity contribution in [1.82, 2.24) is 0 Å². The van der Waals surface area contributed by atoms with Gasteiger partial charge in [-0.2, -0.15) is 0 Å². The molecule has 16 heavy (non-hydrogen) atoms. The summed E-state index contributed by atoms with van der Waals surface area (Å²) in [6.07, 6.45) is 5.81. The predicted octanol–water partition coefficient (Wildman–Crippen LogP) is 2.39. The molecule has 0 atom stereocenters. The molecule has 0 radical (unpaired) electrons. The summed E-state index contributed by atoms with van der Waals surface area (Å²) in [4.78, 5) is 11.5. The molecular weight excluding hydrogens is 202 g/mol. The van der Waals surface area contributed by atoms with Gasteiger partial charge in [0.15, 0.2) is 0 Å². The van der Waals surface area contributed by atoms with Crippen molar-refractivity contribution in [2.24, 2.45) is 22.5 Å². The van der Waals surface area contributed by atoms with Crippen molar-refractivity contribution in [3.05, 3.63) is 0 Å². The van der Waals surface area contributed by atoms with E-state index in [1.807, 2.05) is 0 Å². The molecule has 0 aliphatic heterocycles. The number of aliphatic carboxylic acids is 1. The zero-order chi connectivity index (χ0) is 12.0. The van der Waals surface area contributed by atoms with Gasteiger partial charge in [0.2, 0.25) is 0 Å². The van der Waals surface area contributed by atoms with Gasteiger partial charge in [-0.3, -0.25) is 4.79 Å². The van der Waals surface area contributed by atoms with Crippen molar-refractivity contribution < 1.29 is 9.90 Å². The van der Waals surface area contributed by atoms with E-state index in [0.29, 0.717) is 24.2 Å². The number of rotatable bonds is 2. The first-order valence-corrected chi connectivity index (χ1v) is 6.35. The van der Waals surface area contributed by atoms with E-state index in [4.69, 9.17) is 5.73 Å². The highest BCUT2D eigenvalue weighted by Gasteiger charge is 2.54. The number of nitrogens with two attached hydrogens (primary N) is 1. The van der Waals surface area contributed by atoms with E-state index < -0.39 is 11.4 Å². The fraction of sp³-hybridized carbons (Fsp3) is 0.923. The van der Waals surface area contributed by atoms with E-state index in [9.17, 15) is 9.90 Å². The molecule has 0 aromatic rings. The Morgan fingerprint density at radius 1 is 1.25 bits per heavy atom. The molecule has 2 aliphatic rings. The maximum absolute atomic E-state index is 11.5. The molecule has 2 fully saturated rings. The summed E-state index contributed by atoms with van der Waals surface area (Å²) in [6.45, 7) is 4.56. The van der Waals surface area contributed by atoms with Crippen LogP contribution in [0, 0.1) is 16.7 Å². The smallest absolute Gasteiger partial charge is 0.310 e. The number of hydrogen-bond donors (Lipinski definition) is 2. The standard InChI is InChI=1S/C13H23NO2/c1-12(2)5-3-9(4-6-12)13(11(15)16)7-10(14)8-13/h9-10H,3-8,14H2,1-2H3,(H,15,16). The monoisotopic (exact) mass is 225 g/mol. The third kappa shape index (κ3) is 1.86. The van der Waals surface area contributed by atoms with Crippen LogP contribution in [-0.2, 0) is 4.79 Å². The van der Waals surface area contributed by atoms with Crippen LogP contribution in [0.15, 0.2) is 0 Å². The van der Waals surface area contributed by atoms with Gasteiger partial charge >= 0.3 is 5.97 Å². The molecule has 3 nitrogen and oxygen atoms in total. The van der Waals surface area contributed by atoms with Crippen LogP contribution in [0.1, 0.15) is 52.4 Å². The highest BCUT2D eigenvalue weighted by Crippen LogP contribution is 2.54. The summed E-state index contributed by atoms with van der Waals surface area (Å²) >= 11 is 0. The third-order valence-electron chi connectivity index (χ3n) is 4.80. The Kier molecular flexibility index (Phi) is 2.77. The zero-order valence-corrected chi connectivity index (χ0v) is 10.3. The summed E-state index contributed by atoms with van der Waals surface area (Å²) in [5, 5.41) is 9.43. The van der Waals surface area contributed by atoms with Gasteiger partial charge in [0.25, 0.3) is 0 Å². The Labute approximate surface area is 97.4 Å². The quantitative estimate of drug-likeness (QED) is 0.758. The minimum Gasteiger partial charge on any atom is -0.481 e.